The third-order valence-electron chi connectivity index (χ3n) is 3.34. The second-order valence-corrected chi connectivity index (χ2v) is 7.07. The minimum absolute atomic E-state index is 0.122. The predicted molar refractivity (Wildman–Crippen MR) is 88.2 cm³/mol. The number of hydrogen-bond acceptors (Lipinski definition) is 4. The molecule has 1 aromatic rings. The Bertz CT molecular complexity index is 614. The number of amides is 1. The number of sulfonamides is 1. The summed E-state index contributed by atoms with van der Waals surface area (Å²) in [4.78, 5) is 11.3. The fraction of sp³-hybridized carbons (Fsp3) is 0.533. The molecule has 0 aromatic heterocycles. The van der Waals surface area contributed by atoms with E-state index in [9.17, 15) is 13.2 Å². The van der Waals surface area contributed by atoms with Gasteiger partial charge in [0, 0.05) is 25.2 Å². The molecule has 124 valence electrons. The van der Waals surface area contributed by atoms with Crippen molar-refractivity contribution in [3.05, 3.63) is 23.8 Å². The van der Waals surface area contributed by atoms with Crippen molar-refractivity contribution < 1.29 is 13.2 Å². The second kappa shape index (κ2) is 8.26. The highest BCUT2D eigenvalue weighted by Crippen LogP contribution is 2.20. The number of anilines is 1. The molecular formula is C15H25N3O3S. The van der Waals surface area contributed by atoms with E-state index in [1.54, 1.807) is 13.0 Å². The molecule has 7 heteroatoms. The number of carbonyl (C=O) groups excluding carboxylic acids is 1. The van der Waals surface area contributed by atoms with Gasteiger partial charge in [-0.3, -0.25) is 4.79 Å². The average Bonchev–Trinajstić information content (AvgIpc) is 2.45. The van der Waals surface area contributed by atoms with Crippen LogP contribution in [0.15, 0.2) is 23.1 Å². The number of carbonyl (C=O) groups is 1. The smallest absolute Gasteiger partial charge is 0.240 e. The quantitative estimate of drug-likeness (QED) is 0.677. The van der Waals surface area contributed by atoms with Gasteiger partial charge in [-0.2, -0.15) is 0 Å². The van der Waals surface area contributed by atoms with Crippen LogP contribution in [0.2, 0.25) is 0 Å². The van der Waals surface area contributed by atoms with E-state index >= 15 is 0 Å². The van der Waals surface area contributed by atoms with E-state index in [4.69, 9.17) is 5.73 Å². The summed E-state index contributed by atoms with van der Waals surface area (Å²) in [6.45, 7) is 5.48. The Kier molecular flexibility index (Phi) is 6.99. The van der Waals surface area contributed by atoms with Crippen LogP contribution in [0.3, 0.4) is 0 Å². The number of nitrogens with two attached hydrogens (primary N) is 1. The summed E-state index contributed by atoms with van der Waals surface area (Å²) in [5, 5.41) is 2.63. The Morgan fingerprint density at radius 3 is 2.59 bits per heavy atom. The van der Waals surface area contributed by atoms with Crippen LogP contribution in [0.5, 0.6) is 0 Å². The largest absolute Gasteiger partial charge is 0.329 e. The molecule has 1 aromatic carbocycles. The van der Waals surface area contributed by atoms with Crippen molar-refractivity contribution in [1.29, 1.82) is 0 Å². The van der Waals surface area contributed by atoms with Gasteiger partial charge in [0.05, 0.1) is 4.90 Å². The van der Waals surface area contributed by atoms with Gasteiger partial charge in [-0.05, 0) is 31.0 Å². The van der Waals surface area contributed by atoms with Gasteiger partial charge in [-0.25, -0.2) is 13.1 Å². The molecule has 4 N–H and O–H groups in total. The van der Waals surface area contributed by atoms with Crippen molar-refractivity contribution in [3.8, 4) is 0 Å². The van der Waals surface area contributed by atoms with E-state index in [1.807, 2.05) is 6.92 Å². The predicted octanol–water partition coefficient (Wildman–Crippen LogP) is 1.75. The van der Waals surface area contributed by atoms with Crippen LogP contribution in [-0.4, -0.2) is 26.9 Å². The van der Waals surface area contributed by atoms with Crippen molar-refractivity contribution in [3.63, 3.8) is 0 Å². The topological polar surface area (TPSA) is 101 Å². The molecule has 0 heterocycles. The third kappa shape index (κ3) is 5.40. The van der Waals surface area contributed by atoms with E-state index in [0.717, 1.165) is 18.4 Å². The number of nitrogens with one attached hydrogen (secondary N) is 2. The number of aryl methyl sites for hydroxylation is 1. The first-order valence-electron chi connectivity index (χ1n) is 7.40. The Labute approximate surface area is 132 Å². The van der Waals surface area contributed by atoms with Crippen LogP contribution in [-0.2, 0) is 14.8 Å². The third-order valence-corrected chi connectivity index (χ3v) is 4.86. The summed E-state index contributed by atoms with van der Waals surface area (Å²) < 4.78 is 27.5. The lowest BCUT2D eigenvalue weighted by molar-refractivity contribution is -0.114. The van der Waals surface area contributed by atoms with Gasteiger partial charge in [0.15, 0.2) is 0 Å². The molecule has 1 atom stereocenters. The summed E-state index contributed by atoms with van der Waals surface area (Å²) in [5.74, 6) is -0.242. The number of hydrogen-bond donors (Lipinski definition) is 3. The normalized spacial score (nSPS) is 12.9. The molecule has 1 amide bonds. The summed E-state index contributed by atoms with van der Waals surface area (Å²) in [7, 11) is -3.66. The number of rotatable bonds is 8. The van der Waals surface area contributed by atoms with Gasteiger partial charge < -0.3 is 11.1 Å². The minimum Gasteiger partial charge on any atom is -0.329 e. The minimum atomic E-state index is -3.66. The van der Waals surface area contributed by atoms with Crippen LogP contribution in [0.1, 0.15) is 38.7 Å². The fourth-order valence-corrected chi connectivity index (χ4v) is 3.36. The molecule has 0 aliphatic carbocycles. The first-order valence-corrected chi connectivity index (χ1v) is 8.89. The van der Waals surface area contributed by atoms with E-state index in [0.29, 0.717) is 12.1 Å². The maximum Gasteiger partial charge on any atom is 0.240 e. The van der Waals surface area contributed by atoms with E-state index in [1.165, 1.54) is 19.1 Å². The Hall–Kier alpha value is -1.44. The molecule has 0 aliphatic rings. The Balaban J connectivity index is 2.99. The van der Waals surface area contributed by atoms with Gasteiger partial charge in [0.2, 0.25) is 15.9 Å². The summed E-state index contributed by atoms with van der Waals surface area (Å²) >= 11 is 0. The zero-order chi connectivity index (χ0) is 16.8. The second-order valence-electron chi connectivity index (χ2n) is 5.35. The van der Waals surface area contributed by atoms with Crippen LogP contribution < -0.4 is 15.8 Å². The average molecular weight is 327 g/mol. The van der Waals surface area contributed by atoms with Gasteiger partial charge >= 0.3 is 0 Å². The van der Waals surface area contributed by atoms with Gasteiger partial charge in [-0.15, -0.1) is 0 Å². The molecule has 0 aliphatic heterocycles. The highest BCUT2D eigenvalue weighted by Gasteiger charge is 2.20. The molecular weight excluding hydrogens is 302 g/mol. The lowest BCUT2D eigenvalue weighted by Crippen LogP contribution is -2.40. The molecule has 1 unspecified atom stereocenters. The van der Waals surface area contributed by atoms with Crippen LogP contribution in [0.25, 0.3) is 0 Å². The van der Waals surface area contributed by atoms with Crippen molar-refractivity contribution >= 4 is 21.6 Å². The molecule has 0 saturated heterocycles. The maximum absolute atomic E-state index is 12.4. The molecule has 22 heavy (non-hydrogen) atoms. The van der Waals surface area contributed by atoms with Crippen LogP contribution in [0, 0.1) is 6.92 Å². The summed E-state index contributed by atoms with van der Waals surface area (Å²) in [5.41, 5.74) is 6.93. The molecule has 0 fully saturated rings. The van der Waals surface area contributed by atoms with Crippen molar-refractivity contribution in [2.45, 2.75) is 51.0 Å². The van der Waals surface area contributed by atoms with E-state index in [2.05, 4.69) is 10.0 Å². The molecule has 0 radical (unpaired) electrons. The number of benzene rings is 1. The standard InChI is InChI=1S/C15H25N3O3S/c1-4-5-6-13(10-16)18-22(20,21)14-8-7-11(2)15(9-14)17-12(3)19/h7-9,13,18H,4-6,10,16H2,1-3H3,(H,17,19). The SMILES string of the molecule is CCCCC(CN)NS(=O)(=O)c1ccc(C)c(NC(C)=O)c1. The lowest BCUT2D eigenvalue weighted by atomic mass is 10.1. The highest BCUT2D eigenvalue weighted by molar-refractivity contribution is 7.89. The van der Waals surface area contributed by atoms with Gasteiger partial charge in [-0.1, -0.05) is 25.8 Å². The zero-order valence-corrected chi connectivity index (χ0v) is 14.2. The van der Waals surface area contributed by atoms with Gasteiger partial charge in [0.1, 0.15) is 0 Å². The summed E-state index contributed by atoms with van der Waals surface area (Å²) in [6.07, 6.45) is 2.60. The van der Waals surface area contributed by atoms with E-state index < -0.39 is 10.0 Å². The van der Waals surface area contributed by atoms with Gasteiger partial charge in [0.25, 0.3) is 0 Å². The highest BCUT2D eigenvalue weighted by atomic mass is 32.2. The molecule has 1 rings (SSSR count). The first kappa shape index (κ1) is 18.6. The molecule has 6 nitrogen and oxygen atoms in total. The fourth-order valence-electron chi connectivity index (χ4n) is 2.06. The van der Waals surface area contributed by atoms with Crippen molar-refractivity contribution in [2.75, 3.05) is 11.9 Å². The molecule has 0 saturated carbocycles. The first-order chi connectivity index (χ1) is 10.3. The summed E-state index contributed by atoms with van der Waals surface area (Å²) in [6, 6.07) is 4.38. The maximum atomic E-state index is 12.4. The monoisotopic (exact) mass is 327 g/mol. The Morgan fingerprint density at radius 1 is 1.36 bits per heavy atom. The van der Waals surface area contributed by atoms with Crippen molar-refractivity contribution in [1.82, 2.24) is 4.72 Å². The zero-order valence-electron chi connectivity index (χ0n) is 13.3. The Morgan fingerprint density at radius 2 is 2.05 bits per heavy atom. The molecule has 0 spiro atoms. The van der Waals surface area contributed by atoms with E-state index in [-0.39, 0.29) is 23.4 Å². The van der Waals surface area contributed by atoms with Crippen molar-refractivity contribution in [2.24, 2.45) is 5.73 Å². The molecule has 0 bridgehead atoms. The van der Waals surface area contributed by atoms with Crippen LogP contribution >= 0.6 is 0 Å². The van der Waals surface area contributed by atoms with Crippen LogP contribution in [0.4, 0.5) is 5.69 Å². The lowest BCUT2D eigenvalue weighted by Gasteiger charge is -2.17. The number of unbranched alkanes of at least 4 members (excludes halogenated alkanes) is 1.